The molecule has 0 bridgehead atoms. The number of benzene rings is 1. The molecule has 1 heterocycles. The van der Waals surface area contributed by atoms with Gasteiger partial charge in [-0.2, -0.15) is 0 Å². The number of hydrogen-bond donors (Lipinski definition) is 0. The van der Waals surface area contributed by atoms with E-state index in [2.05, 4.69) is 47.8 Å². The van der Waals surface area contributed by atoms with Gasteiger partial charge in [0.05, 0.1) is 8.61 Å². The van der Waals surface area contributed by atoms with Crippen LogP contribution >= 0.6 is 59.1 Å². The van der Waals surface area contributed by atoms with Crippen LogP contribution in [0.3, 0.4) is 0 Å². The zero-order chi connectivity index (χ0) is 13.3. The van der Waals surface area contributed by atoms with E-state index in [4.69, 9.17) is 0 Å². The molecule has 0 fully saturated rings. The van der Waals surface area contributed by atoms with E-state index in [0.29, 0.717) is 12.0 Å². The van der Waals surface area contributed by atoms with Crippen molar-refractivity contribution < 1.29 is 8.78 Å². The Morgan fingerprint density at radius 1 is 1.22 bits per heavy atom. The molecule has 0 spiro atoms. The van der Waals surface area contributed by atoms with Gasteiger partial charge < -0.3 is 0 Å². The molecule has 1 aromatic heterocycles. The summed E-state index contributed by atoms with van der Waals surface area (Å²) in [7, 11) is 0. The number of rotatable bonds is 3. The molecule has 1 aromatic carbocycles. The fraction of sp³-hybridized carbons (Fsp3) is 0.167. The summed E-state index contributed by atoms with van der Waals surface area (Å²) in [6, 6.07) is 6.21. The Kier molecular flexibility index (Phi) is 4.97. The van der Waals surface area contributed by atoms with E-state index < -0.39 is 11.6 Å². The van der Waals surface area contributed by atoms with Gasteiger partial charge in [-0.3, -0.25) is 0 Å². The molecule has 1 unspecified atom stereocenters. The van der Waals surface area contributed by atoms with Crippen LogP contribution in [0.25, 0.3) is 0 Å². The lowest BCUT2D eigenvalue weighted by Crippen LogP contribution is -1.98. The van der Waals surface area contributed by atoms with Gasteiger partial charge in [0, 0.05) is 9.35 Å². The Bertz CT molecular complexity index is 549. The van der Waals surface area contributed by atoms with Crippen LogP contribution in [0.4, 0.5) is 8.78 Å². The first-order chi connectivity index (χ1) is 8.49. The first kappa shape index (κ1) is 14.6. The predicted octanol–water partition coefficient (Wildman–Crippen LogP) is 6.23. The SMILES string of the molecule is Fc1cccc(CC(Br)c2cc(Br)c(Br)s2)c1F. The molecule has 2 aromatic rings. The molecule has 96 valence electrons. The van der Waals surface area contributed by atoms with Crippen molar-refractivity contribution in [3.05, 3.63) is 54.6 Å². The average molecular weight is 461 g/mol. The van der Waals surface area contributed by atoms with E-state index >= 15 is 0 Å². The lowest BCUT2D eigenvalue weighted by molar-refractivity contribution is 0.498. The summed E-state index contributed by atoms with van der Waals surface area (Å²) in [6.07, 6.45) is 0.406. The van der Waals surface area contributed by atoms with Gasteiger partial charge in [0.2, 0.25) is 0 Å². The third-order valence-corrected chi connectivity index (χ3v) is 6.89. The van der Waals surface area contributed by atoms with E-state index in [1.165, 1.54) is 6.07 Å². The Labute approximate surface area is 133 Å². The maximum atomic E-state index is 13.6. The van der Waals surface area contributed by atoms with Crippen molar-refractivity contribution >= 4 is 59.1 Å². The topological polar surface area (TPSA) is 0 Å². The van der Waals surface area contributed by atoms with E-state index in [1.807, 2.05) is 6.07 Å². The smallest absolute Gasteiger partial charge is 0.162 e. The third kappa shape index (κ3) is 3.21. The van der Waals surface area contributed by atoms with Gasteiger partial charge in [0.15, 0.2) is 11.6 Å². The van der Waals surface area contributed by atoms with Crippen LogP contribution in [0, 0.1) is 11.6 Å². The first-order valence-corrected chi connectivity index (χ1v) is 8.32. The molecule has 0 aliphatic rings. The van der Waals surface area contributed by atoms with Gasteiger partial charge in [-0.25, -0.2) is 8.78 Å². The molecule has 18 heavy (non-hydrogen) atoms. The molecule has 0 radical (unpaired) electrons. The highest BCUT2D eigenvalue weighted by Gasteiger charge is 2.16. The second kappa shape index (κ2) is 6.11. The van der Waals surface area contributed by atoms with Crippen molar-refractivity contribution in [2.75, 3.05) is 0 Å². The summed E-state index contributed by atoms with van der Waals surface area (Å²) < 4.78 is 28.6. The van der Waals surface area contributed by atoms with E-state index in [1.54, 1.807) is 17.4 Å². The standard InChI is InChI=1S/C12H7Br3F2S/c13-7(10-5-8(14)12(15)18-10)4-6-2-1-3-9(16)11(6)17/h1-3,5,7H,4H2. The summed E-state index contributed by atoms with van der Waals surface area (Å²) in [5, 5.41) is 0. The zero-order valence-corrected chi connectivity index (χ0v) is 14.5. The molecule has 2 rings (SSSR count). The summed E-state index contributed by atoms with van der Waals surface area (Å²) in [6.45, 7) is 0. The van der Waals surface area contributed by atoms with Crippen LogP contribution in [0.15, 0.2) is 32.5 Å². The van der Waals surface area contributed by atoms with Gasteiger partial charge in [0.25, 0.3) is 0 Å². The quantitative estimate of drug-likeness (QED) is 0.476. The van der Waals surface area contributed by atoms with Gasteiger partial charge in [0.1, 0.15) is 0 Å². The summed E-state index contributed by atoms with van der Waals surface area (Å²) in [5.74, 6) is -1.57. The van der Waals surface area contributed by atoms with E-state index in [-0.39, 0.29) is 4.83 Å². The van der Waals surface area contributed by atoms with Crippen LogP contribution in [0.2, 0.25) is 0 Å². The lowest BCUT2D eigenvalue weighted by Gasteiger charge is -2.08. The minimum Gasteiger partial charge on any atom is -0.204 e. The Morgan fingerprint density at radius 2 is 1.94 bits per heavy atom. The molecule has 0 amide bonds. The highest BCUT2D eigenvalue weighted by molar-refractivity contribution is 9.13. The summed E-state index contributed by atoms with van der Waals surface area (Å²) >= 11 is 11.9. The molecule has 0 nitrogen and oxygen atoms in total. The molecule has 6 heteroatoms. The maximum Gasteiger partial charge on any atom is 0.162 e. The normalized spacial score (nSPS) is 12.7. The van der Waals surface area contributed by atoms with Crippen LogP contribution in [-0.4, -0.2) is 0 Å². The minimum absolute atomic E-state index is 0.0404. The monoisotopic (exact) mass is 458 g/mol. The fourth-order valence-corrected chi connectivity index (χ4v) is 4.35. The first-order valence-electron chi connectivity index (χ1n) is 5.00. The lowest BCUT2D eigenvalue weighted by atomic mass is 10.1. The van der Waals surface area contributed by atoms with Crippen molar-refractivity contribution in [2.45, 2.75) is 11.2 Å². The number of thiophene rings is 1. The summed E-state index contributed by atoms with van der Waals surface area (Å²) in [4.78, 5) is 1.01. The molecule has 0 saturated carbocycles. The molecule has 0 aliphatic carbocycles. The van der Waals surface area contributed by atoms with Crippen molar-refractivity contribution in [1.82, 2.24) is 0 Å². The predicted molar refractivity (Wildman–Crippen MR) is 81.4 cm³/mol. The third-order valence-electron chi connectivity index (χ3n) is 2.40. The maximum absolute atomic E-state index is 13.6. The highest BCUT2D eigenvalue weighted by atomic mass is 79.9. The van der Waals surface area contributed by atoms with Crippen LogP contribution in [0.5, 0.6) is 0 Å². The van der Waals surface area contributed by atoms with Crippen LogP contribution < -0.4 is 0 Å². The second-order valence-electron chi connectivity index (χ2n) is 3.66. The van der Waals surface area contributed by atoms with Crippen molar-refractivity contribution in [1.29, 1.82) is 0 Å². The van der Waals surface area contributed by atoms with Crippen molar-refractivity contribution in [2.24, 2.45) is 0 Å². The highest BCUT2D eigenvalue weighted by Crippen LogP contribution is 2.39. The largest absolute Gasteiger partial charge is 0.204 e. The molecular weight excluding hydrogens is 454 g/mol. The minimum atomic E-state index is -0.805. The molecular formula is C12H7Br3F2S. The Morgan fingerprint density at radius 3 is 2.56 bits per heavy atom. The number of alkyl halides is 1. The van der Waals surface area contributed by atoms with Crippen molar-refractivity contribution in [3.8, 4) is 0 Å². The molecule has 0 aliphatic heterocycles. The second-order valence-corrected chi connectivity index (χ2v) is 8.02. The molecule has 0 saturated heterocycles. The van der Waals surface area contributed by atoms with Gasteiger partial charge in [-0.05, 0) is 56.0 Å². The van der Waals surface area contributed by atoms with Crippen molar-refractivity contribution in [3.63, 3.8) is 0 Å². The van der Waals surface area contributed by atoms with E-state index in [0.717, 1.165) is 19.2 Å². The van der Waals surface area contributed by atoms with Crippen LogP contribution in [-0.2, 0) is 6.42 Å². The summed E-state index contributed by atoms with van der Waals surface area (Å²) in [5.41, 5.74) is 0.373. The van der Waals surface area contributed by atoms with E-state index in [9.17, 15) is 8.78 Å². The molecule has 1 atom stereocenters. The number of halogens is 5. The number of hydrogen-bond acceptors (Lipinski definition) is 1. The Hall–Kier alpha value is 0.220. The van der Waals surface area contributed by atoms with Gasteiger partial charge in [-0.1, -0.05) is 28.1 Å². The fourth-order valence-electron chi connectivity index (χ4n) is 1.52. The van der Waals surface area contributed by atoms with Gasteiger partial charge >= 0.3 is 0 Å². The zero-order valence-electron chi connectivity index (χ0n) is 8.89. The molecule has 0 N–H and O–H groups in total. The Balaban J connectivity index is 2.21. The van der Waals surface area contributed by atoms with Crippen LogP contribution in [0.1, 0.15) is 15.3 Å². The van der Waals surface area contributed by atoms with Gasteiger partial charge in [-0.15, -0.1) is 11.3 Å². The average Bonchev–Trinajstić information content (AvgIpc) is 2.66.